The number of aromatic nitrogens is 1. The molecule has 0 fully saturated rings. The van der Waals surface area contributed by atoms with Crippen molar-refractivity contribution in [3.63, 3.8) is 0 Å². The number of pyridine rings is 1. The van der Waals surface area contributed by atoms with Crippen molar-refractivity contribution in [2.75, 3.05) is 11.9 Å². The van der Waals surface area contributed by atoms with Crippen molar-refractivity contribution in [3.05, 3.63) is 63.4 Å². The molecule has 0 bridgehead atoms. The number of nitro benzene ring substituents is 1. The van der Waals surface area contributed by atoms with Crippen molar-refractivity contribution >= 4 is 34.8 Å². The number of halogens is 1. The molecule has 23 heavy (non-hydrogen) atoms. The molecule has 0 atom stereocenters. The second kappa shape index (κ2) is 7.32. The zero-order valence-electron chi connectivity index (χ0n) is 11.7. The van der Waals surface area contributed by atoms with Gasteiger partial charge in [0.1, 0.15) is 5.69 Å². The molecule has 0 radical (unpaired) electrons. The van der Waals surface area contributed by atoms with Crippen molar-refractivity contribution in [2.24, 2.45) is 0 Å². The molecule has 0 aliphatic heterocycles. The van der Waals surface area contributed by atoms with Gasteiger partial charge >= 0.3 is 0 Å². The summed E-state index contributed by atoms with van der Waals surface area (Å²) in [4.78, 5) is 37.5. The summed E-state index contributed by atoms with van der Waals surface area (Å²) in [6.45, 7) is -0.310. The van der Waals surface area contributed by atoms with Crippen LogP contribution in [0.4, 0.5) is 11.4 Å². The first-order valence-electron chi connectivity index (χ1n) is 6.40. The maximum absolute atomic E-state index is 11.8. The average Bonchev–Trinajstić information content (AvgIpc) is 2.53. The van der Waals surface area contributed by atoms with Crippen LogP contribution in [0, 0.1) is 10.1 Å². The summed E-state index contributed by atoms with van der Waals surface area (Å²) in [6, 6.07) is 8.37. The lowest BCUT2D eigenvalue weighted by Crippen LogP contribution is -2.33. The number of nitrogens with one attached hydrogen (secondary N) is 2. The highest BCUT2D eigenvalue weighted by Crippen LogP contribution is 2.16. The first kappa shape index (κ1) is 16.4. The summed E-state index contributed by atoms with van der Waals surface area (Å²) in [7, 11) is 0. The van der Waals surface area contributed by atoms with Gasteiger partial charge in [-0.15, -0.1) is 0 Å². The number of rotatable bonds is 5. The van der Waals surface area contributed by atoms with Gasteiger partial charge in [-0.25, -0.2) is 0 Å². The van der Waals surface area contributed by atoms with E-state index < -0.39 is 16.7 Å². The van der Waals surface area contributed by atoms with Crippen LogP contribution in [-0.4, -0.2) is 28.3 Å². The first-order valence-corrected chi connectivity index (χ1v) is 6.77. The van der Waals surface area contributed by atoms with Gasteiger partial charge in [0, 0.05) is 29.0 Å². The summed E-state index contributed by atoms with van der Waals surface area (Å²) in [5.74, 6) is -1.08. The molecule has 2 rings (SSSR count). The maximum atomic E-state index is 11.8. The summed E-state index contributed by atoms with van der Waals surface area (Å²) < 4.78 is 0. The lowest BCUT2D eigenvalue weighted by atomic mass is 10.3. The number of benzene rings is 1. The fourth-order valence-corrected chi connectivity index (χ4v) is 1.84. The van der Waals surface area contributed by atoms with Gasteiger partial charge in [-0.05, 0) is 18.2 Å². The number of nitro groups is 1. The van der Waals surface area contributed by atoms with Crippen LogP contribution < -0.4 is 10.6 Å². The van der Waals surface area contributed by atoms with Crippen LogP contribution in [0.2, 0.25) is 5.02 Å². The van der Waals surface area contributed by atoms with Gasteiger partial charge in [0.2, 0.25) is 5.91 Å². The Morgan fingerprint density at radius 2 is 2.04 bits per heavy atom. The minimum absolute atomic E-state index is 0.0839. The third-order valence-corrected chi connectivity index (χ3v) is 2.94. The van der Waals surface area contributed by atoms with E-state index in [4.69, 9.17) is 11.6 Å². The predicted octanol–water partition coefficient (Wildman–Crippen LogP) is 2.01. The zero-order chi connectivity index (χ0) is 16.8. The number of carbonyl (C=O) groups is 2. The van der Waals surface area contributed by atoms with Crippen LogP contribution >= 0.6 is 11.6 Å². The Kier molecular flexibility index (Phi) is 5.21. The van der Waals surface area contributed by atoms with Crippen LogP contribution in [0.15, 0.2) is 42.6 Å². The topological polar surface area (TPSA) is 114 Å². The molecule has 118 valence electrons. The molecule has 2 N–H and O–H groups in total. The molecule has 2 aromatic rings. The van der Waals surface area contributed by atoms with Crippen molar-refractivity contribution in [2.45, 2.75) is 0 Å². The Morgan fingerprint density at radius 3 is 2.74 bits per heavy atom. The van der Waals surface area contributed by atoms with Gasteiger partial charge in [0.05, 0.1) is 11.5 Å². The number of anilines is 1. The summed E-state index contributed by atoms with van der Waals surface area (Å²) >= 11 is 5.74. The SMILES string of the molecule is O=C(CNC(=O)c1cc(Cl)ccn1)Nc1cccc([N+](=O)[O-])c1. The summed E-state index contributed by atoms with van der Waals surface area (Å²) in [5.41, 5.74) is 0.204. The summed E-state index contributed by atoms with van der Waals surface area (Å²) in [6.07, 6.45) is 1.38. The smallest absolute Gasteiger partial charge is 0.271 e. The molecule has 2 amide bonds. The molecule has 1 heterocycles. The van der Waals surface area contributed by atoms with Crippen LogP contribution in [0.5, 0.6) is 0 Å². The predicted molar refractivity (Wildman–Crippen MR) is 83.3 cm³/mol. The van der Waals surface area contributed by atoms with Crippen molar-refractivity contribution in [3.8, 4) is 0 Å². The van der Waals surface area contributed by atoms with Crippen molar-refractivity contribution in [1.82, 2.24) is 10.3 Å². The minimum Gasteiger partial charge on any atom is -0.342 e. The molecule has 1 aromatic carbocycles. The highest BCUT2D eigenvalue weighted by Gasteiger charge is 2.11. The largest absolute Gasteiger partial charge is 0.342 e. The minimum atomic E-state index is -0.567. The quantitative estimate of drug-likeness (QED) is 0.641. The van der Waals surface area contributed by atoms with E-state index in [1.54, 1.807) is 0 Å². The Hall–Kier alpha value is -3.00. The molecule has 9 heteroatoms. The summed E-state index contributed by atoms with van der Waals surface area (Å²) in [5, 5.41) is 15.8. The zero-order valence-corrected chi connectivity index (χ0v) is 12.4. The molecule has 0 saturated carbocycles. The molecule has 0 spiro atoms. The Balaban J connectivity index is 1.91. The number of nitrogens with zero attached hydrogens (tertiary/aromatic N) is 2. The fraction of sp³-hybridized carbons (Fsp3) is 0.0714. The van der Waals surface area contributed by atoms with Crippen LogP contribution in [-0.2, 0) is 4.79 Å². The molecule has 0 unspecified atom stereocenters. The van der Waals surface area contributed by atoms with Crippen LogP contribution in [0.25, 0.3) is 0 Å². The third-order valence-electron chi connectivity index (χ3n) is 2.70. The van der Waals surface area contributed by atoms with E-state index in [1.165, 1.54) is 42.6 Å². The Morgan fingerprint density at radius 1 is 1.26 bits per heavy atom. The van der Waals surface area contributed by atoms with E-state index in [0.29, 0.717) is 5.02 Å². The molecule has 0 saturated heterocycles. The molecule has 0 aliphatic carbocycles. The number of amides is 2. The Labute approximate surface area is 135 Å². The van der Waals surface area contributed by atoms with Crippen LogP contribution in [0.1, 0.15) is 10.5 Å². The molecule has 0 aliphatic rings. The second-order valence-electron chi connectivity index (χ2n) is 4.40. The van der Waals surface area contributed by atoms with E-state index >= 15 is 0 Å². The molecular weight excluding hydrogens is 324 g/mol. The van der Waals surface area contributed by atoms with E-state index in [9.17, 15) is 19.7 Å². The third kappa shape index (κ3) is 4.75. The van der Waals surface area contributed by atoms with Gasteiger partial charge < -0.3 is 10.6 Å². The van der Waals surface area contributed by atoms with Gasteiger partial charge in [0.25, 0.3) is 11.6 Å². The standard InChI is InChI=1S/C14H11ClN4O4/c15-9-4-5-16-12(6-9)14(21)17-8-13(20)18-10-2-1-3-11(7-10)19(22)23/h1-7H,8H2,(H,17,21)(H,18,20). The highest BCUT2D eigenvalue weighted by molar-refractivity contribution is 6.30. The number of carbonyl (C=O) groups excluding carboxylic acids is 2. The highest BCUT2D eigenvalue weighted by atomic mass is 35.5. The number of non-ortho nitro benzene ring substituents is 1. The number of hydrogen-bond donors (Lipinski definition) is 2. The molecular formula is C14H11ClN4O4. The van der Waals surface area contributed by atoms with Gasteiger partial charge in [-0.3, -0.25) is 24.7 Å². The van der Waals surface area contributed by atoms with E-state index in [2.05, 4.69) is 15.6 Å². The second-order valence-corrected chi connectivity index (χ2v) is 4.83. The Bertz CT molecular complexity index is 766. The van der Waals surface area contributed by atoms with Crippen LogP contribution in [0.3, 0.4) is 0 Å². The lowest BCUT2D eigenvalue weighted by molar-refractivity contribution is -0.384. The lowest BCUT2D eigenvalue weighted by Gasteiger charge is -2.06. The van der Waals surface area contributed by atoms with Gasteiger partial charge in [0.15, 0.2) is 0 Å². The average molecular weight is 335 g/mol. The van der Waals surface area contributed by atoms with E-state index in [0.717, 1.165) is 0 Å². The monoisotopic (exact) mass is 334 g/mol. The number of hydrogen-bond acceptors (Lipinski definition) is 5. The van der Waals surface area contributed by atoms with Gasteiger partial charge in [-0.2, -0.15) is 0 Å². The molecule has 1 aromatic heterocycles. The fourth-order valence-electron chi connectivity index (χ4n) is 1.68. The first-order chi connectivity index (χ1) is 11.0. The van der Waals surface area contributed by atoms with Crippen molar-refractivity contribution in [1.29, 1.82) is 0 Å². The van der Waals surface area contributed by atoms with E-state index in [1.807, 2.05) is 0 Å². The molecule has 8 nitrogen and oxygen atoms in total. The van der Waals surface area contributed by atoms with Gasteiger partial charge in [-0.1, -0.05) is 17.7 Å². The maximum Gasteiger partial charge on any atom is 0.271 e. The van der Waals surface area contributed by atoms with E-state index in [-0.39, 0.29) is 23.6 Å². The normalized spacial score (nSPS) is 9.96. The van der Waals surface area contributed by atoms with Crippen molar-refractivity contribution < 1.29 is 14.5 Å².